The molecule has 0 saturated carbocycles. The summed E-state index contributed by atoms with van der Waals surface area (Å²) in [6, 6.07) is 16.9. The summed E-state index contributed by atoms with van der Waals surface area (Å²) in [4.78, 5) is 4.25. The molecular weight excluding hydrogens is 310 g/mol. The maximum absolute atomic E-state index is 5.64. The lowest BCUT2D eigenvalue weighted by Crippen LogP contribution is -2.27. The SMILES string of the molecule is S=C(NCc1ccco1)Nc1ccc(Oc2ccccc2)nc1. The molecular formula is C17H15N3O2S. The highest BCUT2D eigenvalue weighted by Gasteiger charge is 2.02. The Labute approximate surface area is 139 Å². The van der Waals surface area contributed by atoms with Crippen molar-refractivity contribution in [1.82, 2.24) is 10.3 Å². The first-order valence-electron chi connectivity index (χ1n) is 7.06. The van der Waals surface area contributed by atoms with Crippen LogP contribution in [0.25, 0.3) is 0 Å². The van der Waals surface area contributed by atoms with E-state index >= 15 is 0 Å². The highest BCUT2D eigenvalue weighted by Crippen LogP contribution is 2.19. The zero-order valence-electron chi connectivity index (χ0n) is 12.2. The Morgan fingerprint density at radius 1 is 1.09 bits per heavy atom. The molecule has 0 aliphatic carbocycles. The van der Waals surface area contributed by atoms with Crippen LogP contribution in [0.3, 0.4) is 0 Å². The molecule has 0 aliphatic rings. The van der Waals surface area contributed by atoms with Gasteiger partial charge < -0.3 is 19.8 Å². The molecule has 0 unspecified atom stereocenters. The molecule has 0 fully saturated rings. The van der Waals surface area contributed by atoms with E-state index in [1.165, 1.54) is 0 Å². The van der Waals surface area contributed by atoms with Gasteiger partial charge in [-0.25, -0.2) is 4.98 Å². The van der Waals surface area contributed by atoms with Crippen LogP contribution in [0.1, 0.15) is 5.76 Å². The number of nitrogens with one attached hydrogen (secondary N) is 2. The number of nitrogens with zero attached hydrogens (tertiary/aromatic N) is 1. The predicted molar refractivity (Wildman–Crippen MR) is 92.5 cm³/mol. The Balaban J connectivity index is 1.51. The number of furan rings is 1. The van der Waals surface area contributed by atoms with E-state index in [0.29, 0.717) is 17.5 Å². The molecule has 6 heteroatoms. The Kier molecular flexibility index (Phi) is 4.85. The van der Waals surface area contributed by atoms with Crippen LogP contribution >= 0.6 is 12.2 Å². The summed E-state index contributed by atoms with van der Waals surface area (Å²) >= 11 is 5.22. The quantitative estimate of drug-likeness (QED) is 0.693. The number of pyridine rings is 1. The van der Waals surface area contributed by atoms with Crippen molar-refractivity contribution in [3.05, 3.63) is 72.8 Å². The summed E-state index contributed by atoms with van der Waals surface area (Å²) in [6.07, 6.45) is 3.29. The fourth-order valence-electron chi connectivity index (χ4n) is 1.88. The molecule has 0 radical (unpaired) electrons. The Hall–Kier alpha value is -2.86. The van der Waals surface area contributed by atoms with Crippen molar-refractivity contribution < 1.29 is 9.15 Å². The first kappa shape index (κ1) is 15.1. The lowest BCUT2D eigenvalue weighted by atomic mass is 10.3. The maximum Gasteiger partial charge on any atom is 0.219 e. The van der Waals surface area contributed by atoms with Crippen LogP contribution in [0.5, 0.6) is 11.6 Å². The summed E-state index contributed by atoms with van der Waals surface area (Å²) in [5.74, 6) is 2.09. The zero-order valence-corrected chi connectivity index (χ0v) is 13.0. The molecule has 5 nitrogen and oxygen atoms in total. The van der Waals surface area contributed by atoms with Crippen LogP contribution in [-0.2, 0) is 6.54 Å². The van der Waals surface area contributed by atoms with Gasteiger partial charge in [-0.2, -0.15) is 0 Å². The molecule has 2 heterocycles. The molecule has 0 saturated heterocycles. The van der Waals surface area contributed by atoms with Crippen molar-refractivity contribution in [3.63, 3.8) is 0 Å². The molecule has 1 aromatic carbocycles. The van der Waals surface area contributed by atoms with Crippen LogP contribution < -0.4 is 15.4 Å². The molecule has 3 aromatic rings. The molecule has 0 amide bonds. The number of aromatic nitrogens is 1. The Morgan fingerprint density at radius 2 is 1.96 bits per heavy atom. The minimum Gasteiger partial charge on any atom is -0.467 e. The number of thiocarbonyl (C=S) groups is 1. The molecule has 2 aromatic heterocycles. The largest absolute Gasteiger partial charge is 0.467 e. The number of hydrogen-bond donors (Lipinski definition) is 2. The fraction of sp³-hybridized carbons (Fsp3) is 0.0588. The monoisotopic (exact) mass is 325 g/mol. The molecule has 2 N–H and O–H groups in total. The number of anilines is 1. The van der Waals surface area contributed by atoms with Gasteiger partial charge in [0, 0.05) is 6.07 Å². The van der Waals surface area contributed by atoms with Crippen LogP contribution in [0.15, 0.2) is 71.5 Å². The number of ether oxygens (including phenoxy) is 1. The van der Waals surface area contributed by atoms with Crippen LogP contribution in [0.2, 0.25) is 0 Å². The second-order valence-corrected chi connectivity index (χ2v) is 5.10. The molecule has 0 atom stereocenters. The van der Waals surface area contributed by atoms with Crippen molar-refractivity contribution >= 4 is 23.0 Å². The second kappa shape index (κ2) is 7.42. The Bertz CT molecular complexity index is 743. The number of hydrogen-bond acceptors (Lipinski definition) is 4. The van der Waals surface area contributed by atoms with E-state index in [0.717, 1.165) is 17.2 Å². The van der Waals surface area contributed by atoms with E-state index in [4.69, 9.17) is 21.4 Å². The highest BCUT2D eigenvalue weighted by molar-refractivity contribution is 7.80. The molecule has 0 bridgehead atoms. The van der Waals surface area contributed by atoms with E-state index in [9.17, 15) is 0 Å². The summed E-state index contributed by atoms with van der Waals surface area (Å²) in [5.41, 5.74) is 0.780. The van der Waals surface area contributed by atoms with Gasteiger partial charge in [0.25, 0.3) is 0 Å². The van der Waals surface area contributed by atoms with E-state index < -0.39 is 0 Å². The van der Waals surface area contributed by atoms with Gasteiger partial charge in [0.15, 0.2) is 5.11 Å². The molecule has 0 aliphatic heterocycles. The van der Waals surface area contributed by atoms with Crippen LogP contribution in [0.4, 0.5) is 5.69 Å². The maximum atomic E-state index is 5.64. The second-order valence-electron chi connectivity index (χ2n) is 4.69. The third-order valence-electron chi connectivity index (χ3n) is 2.96. The fourth-order valence-corrected chi connectivity index (χ4v) is 2.07. The van der Waals surface area contributed by atoms with Crippen LogP contribution in [-0.4, -0.2) is 10.1 Å². The number of rotatable bonds is 5. The van der Waals surface area contributed by atoms with Crippen molar-refractivity contribution in [1.29, 1.82) is 0 Å². The molecule has 3 rings (SSSR count). The van der Waals surface area contributed by atoms with Crippen molar-refractivity contribution in [2.24, 2.45) is 0 Å². The molecule has 23 heavy (non-hydrogen) atoms. The van der Waals surface area contributed by atoms with E-state index in [2.05, 4.69) is 15.6 Å². The zero-order chi connectivity index (χ0) is 15.9. The van der Waals surface area contributed by atoms with Crippen LogP contribution in [0, 0.1) is 0 Å². The summed E-state index contributed by atoms with van der Waals surface area (Å²) in [5, 5.41) is 6.61. The standard InChI is InChI=1S/C17H15N3O2S/c23-17(19-12-15-7-4-10-21-15)20-13-8-9-16(18-11-13)22-14-5-2-1-3-6-14/h1-11H,12H2,(H2,19,20,23). The van der Waals surface area contributed by atoms with Gasteiger partial charge in [0.2, 0.25) is 5.88 Å². The number of para-hydroxylation sites is 1. The van der Waals surface area contributed by atoms with Gasteiger partial charge in [-0.1, -0.05) is 18.2 Å². The van der Waals surface area contributed by atoms with Gasteiger partial charge >= 0.3 is 0 Å². The molecule has 0 spiro atoms. The predicted octanol–water partition coefficient (Wildman–Crippen LogP) is 3.95. The average molecular weight is 325 g/mol. The van der Waals surface area contributed by atoms with Crippen molar-refractivity contribution in [2.75, 3.05) is 5.32 Å². The van der Waals surface area contributed by atoms with E-state index in [-0.39, 0.29) is 0 Å². The highest BCUT2D eigenvalue weighted by atomic mass is 32.1. The molecule has 116 valence electrons. The first-order valence-corrected chi connectivity index (χ1v) is 7.46. The topological polar surface area (TPSA) is 59.3 Å². The third kappa shape index (κ3) is 4.55. The third-order valence-corrected chi connectivity index (χ3v) is 3.21. The minimum atomic E-state index is 0.500. The normalized spacial score (nSPS) is 10.1. The van der Waals surface area contributed by atoms with Gasteiger partial charge in [0.05, 0.1) is 24.7 Å². The summed E-state index contributed by atoms with van der Waals surface area (Å²) < 4.78 is 10.9. The summed E-state index contributed by atoms with van der Waals surface area (Å²) in [7, 11) is 0. The lowest BCUT2D eigenvalue weighted by molar-refractivity contribution is 0.463. The van der Waals surface area contributed by atoms with E-state index in [1.54, 1.807) is 18.5 Å². The first-order chi connectivity index (χ1) is 11.3. The average Bonchev–Trinajstić information content (AvgIpc) is 3.09. The van der Waals surface area contributed by atoms with E-state index in [1.807, 2.05) is 48.5 Å². The van der Waals surface area contributed by atoms with Gasteiger partial charge in [0.1, 0.15) is 11.5 Å². The smallest absolute Gasteiger partial charge is 0.219 e. The van der Waals surface area contributed by atoms with Crippen molar-refractivity contribution in [3.8, 4) is 11.6 Å². The van der Waals surface area contributed by atoms with Gasteiger partial charge in [-0.15, -0.1) is 0 Å². The number of benzene rings is 1. The summed E-state index contributed by atoms with van der Waals surface area (Å²) in [6.45, 7) is 0.529. The lowest BCUT2D eigenvalue weighted by Gasteiger charge is -2.10. The minimum absolute atomic E-state index is 0.500. The Morgan fingerprint density at radius 3 is 2.65 bits per heavy atom. The van der Waals surface area contributed by atoms with Crippen molar-refractivity contribution in [2.45, 2.75) is 6.54 Å². The van der Waals surface area contributed by atoms with Gasteiger partial charge in [-0.3, -0.25) is 0 Å². The van der Waals surface area contributed by atoms with Gasteiger partial charge in [-0.05, 0) is 42.5 Å².